The molecule has 1 heterocycles. The summed E-state index contributed by atoms with van der Waals surface area (Å²) in [7, 11) is 0. The monoisotopic (exact) mass is 444 g/mol. The third kappa shape index (κ3) is 5.71. The van der Waals surface area contributed by atoms with Crippen LogP contribution in [-0.2, 0) is 11.3 Å². The predicted molar refractivity (Wildman–Crippen MR) is 111 cm³/mol. The highest BCUT2D eigenvalue weighted by atomic mass is 79.9. The van der Waals surface area contributed by atoms with Crippen LogP contribution in [0.4, 0.5) is 5.69 Å². The molecular formula is C20H21BrN4O3. The summed E-state index contributed by atoms with van der Waals surface area (Å²) in [6.07, 6.45) is 3.09. The second kappa shape index (κ2) is 9.57. The maximum Gasteiger partial charge on any atom is 0.269 e. The van der Waals surface area contributed by atoms with E-state index in [0.29, 0.717) is 5.56 Å². The average molecular weight is 445 g/mol. The Morgan fingerprint density at radius 2 is 1.82 bits per heavy atom. The number of non-ortho nitro benzene ring substituents is 1. The van der Waals surface area contributed by atoms with Gasteiger partial charge in [0.2, 0.25) is 5.91 Å². The third-order valence-electron chi connectivity index (χ3n) is 4.77. The molecule has 1 N–H and O–H groups in total. The quantitative estimate of drug-likeness (QED) is 0.417. The number of nitrogens with zero attached hydrogens (tertiary/aromatic N) is 3. The smallest absolute Gasteiger partial charge is 0.269 e. The average Bonchev–Trinajstić information content (AvgIpc) is 2.70. The second-order valence-electron chi connectivity index (χ2n) is 6.76. The molecule has 2 aromatic rings. The van der Waals surface area contributed by atoms with Crippen molar-refractivity contribution in [1.29, 1.82) is 0 Å². The number of halogens is 1. The maximum absolute atomic E-state index is 12.3. The number of nitro benzene ring substituents is 1. The molecule has 3 rings (SSSR count). The normalized spacial score (nSPS) is 15.6. The van der Waals surface area contributed by atoms with Crippen LogP contribution < -0.4 is 5.43 Å². The Kier molecular flexibility index (Phi) is 6.89. The molecule has 0 saturated carbocycles. The van der Waals surface area contributed by atoms with E-state index in [0.717, 1.165) is 36.9 Å². The molecule has 1 aliphatic rings. The first-order valence-corrected chi connectivity index (χ1v) is 9.85. The number of rotatable bonds is 6. The number of nitro groups is 1. The van der Waals surface area contributed by atoms with Crippen molar-refractivity contribution in [2.75, 3.05) is 13.1 Å². The molecular weight excluding hydrogens is 424 g/mol. The topological polar surface area (TPSA) is 87.8 Å². The van der Waals surface area contributed by atoms with Crippen molar-refractivity contribution in [3.8, 4) is 0 Å². The fourth-order valence-electron chi connectivity index (χ4n) is 3.15. The summed E-state index contributed by atoms with van der Waals surface area (Å²) in [6.45, 7) is 2.64. The van der Waals surface area contributed by atoms with Gasteiger partial charge >= 0.3 is 0 Å². The summed E-state index contributed by atoms with van der Waals surface area (Å²) in [4.78, 5) is 24.8. The minimum atomic E-state index is -0.453. The molecule has 0 unspecified atom stereocenters. The standard InChI is InChI=1S/C20H21BrN4O3/c21-18-5-1-16(2-6-18)14-24-11-9-17(10-12-24)20(26)23-22-13-15-3-7-19(8-4-15)25(27)28/h1-8,13,17H,9-12,14H2,(H,23,26). The van der Waals surface area contributed by atoms with Gasteiger partial charge in [0.1, 0.15) is 0 Å². The highest BCUT2D eigenvalue weighted by Crippen LogP contribution is 2.20. The Hall–Kier alpha value is -2.58. The zero-order valence-electron chi connectivity index (χ0n) is 15.3. The zero-order chi connectivity index (χ0) is 19.9. The van der Waals surface area contributed by atoms with Gasteiger partial charge in [-0.15, -0.1) is 0 Å². The number of likely N-dealkylation sites (tertiary alicyclic amines) is 1. The molecule has 1 amide bonds. The number of carbonyl (C=O) groups is 1. The van der Waals surface area contributed by atoms with Crippen LogP contribution in [0.5, 0.6) is 0 Å². The minimum absolute atomic E-state index is 0.0242. The van der Waals surface area contributed by atoms with Gasteiger partial charge < -0.3 is 0 Å². The number of hydrogen-bond acceptors (Lipinski definition) is 5. The number of carbonyl (C=O) groups excluding carboxylic acids is 1. The lowest BCUT2D eigenvalue weighted by Gasteiger charge is -2.30. The number of benzene rings is 2. The third-order valence-corrected chi connectivity index (χ3v) is 5.30. The summed E-state index contributed by atoms with van der Waals surface area (Å²) in [6, 6.07) is 14.3. The molecule has 1 saturated heterocycles. The van der Waals surface area contributed by atoms with Crippen molar-refractivity contribution in [3.63, 3.8) is 0 Å². The SMILES string of the molecule is O=C(NN=Cc1ccc([N+](=O)[O-])cc1)C1CCN(Cc2ccc(Br)cc2)CC1. The highest BCUT2D eigenvalue weighted by molar-refractivity contribution is 9.10. The molecule has 146 valence electrons. The van der Waals surface area contributed by atoms with Gasteiger partial charge in [-0.3, -0.25) is 19.8 Å². The summed E-state index contributed by atoms with van der Waals surface area (Å²) in [5, 5.41) is 14.6. The molecule has 0 aromatic heterocycles. The van der Waals surface area contributed by atoms with Crippen molar-refractivity contribution >= 4 is 33.7 Å². The van der Waals surface area contributed by atoms with Crippen molar-refractivity contribution in [1.82, 2.24) is 10.3 Å². The van der Waals surface area contributed by atoms with Gasteiger partial charge in [0.25, 0.3) is 5.69 Å². The van der Waals surface area contributed by atoms with Crippen LogP contribution in [0.15, 0.2) is 58.1 Å². The Morgan fingerprint density at radius 3 is 2.43 bits per heavy atom. The van der Waals surface area contributed by atoms with Gasteiger partial charge in [-0.1, -0.05) is 28.1 Å². The fraction of sp³-hybridized carbons (Fsp3) is 0.300. The molecule has 0 atom stereocenters. The van der Waals surface area contributed by atoms with Crippen molar-refractivity contribution in [2.45, 2.75) is 19.4 Å². The molecule has 0 spiro atoms. The number of hydrazone groups is 1. The zero-order valence-corrected chi connectivity index (χ0v) is 16.8. The van der Waals surface area contributed by atoms with Gasteiger partial charge in [-0.05, 0) is 61.3 Å². The Labute approximate surface area is 171 Å². The van der Waals surface area contributed by atoms with Gasteiger partial charge in [-0.2, -0.15) is 5.10 Å². The maximum atomic E-state index is 12.3. The van der Waals surface area contributed by atoms with Crippen LogP contribution in [-0.4, -0.2) is 35.0 Å². The van der Waals surface area contributed by atoms with Crippen LogP contribution in [0, 0.1) is 16.0 Å². The molecule has 2 aromatic carbocycles. The molecule has 8 heteroatoms. The molecule has 7 nitrogen and oxygen atoms in total. The molecule has 0 bridgehead atoms. The molecule has 0 aliphatic carbocycles. The van der Waals surface area contributed by atoms with Crippen LogP contribution in [0.2, 0.25) is 0 Å². The lowest BCUT2D eigenvalue weighted by Crippen LogP contribution is -2.39. The van der Waals surface area contributed by atoms with E-state index in [9.17, 15) is 14.9 Å². The van der Waals surface area contributed by atoms with Crippen molar-refractivity contribution < 1.29 is 9.72 Å². The highest BCUT2D eigenvalue weighted by Gasteiger charge is 2.24. The largest absolute Gasteiger partial charge is 0.299 e. The summed E-state index contributed by atoms with van der Waals surface area (Å²) >= 11 is 3.44. The predicted octanol–water partition coefficient (Wildman–Crippen LogP) is 3.72. The number of amides is 1. The van der Waals surface area contributed by atoms with E-state index in [1.165, 1.54) is 23.9 Å². The van der Waals surface area contributed by atoms with E-state index < -0.39 is 4.92 Å². The summed E-state index contributed by atoms with van der Waals surface area (Å²) in [5.74, 6) is -0.128. The molecule has 1 aliphatic heterocycles. The fourth-order valence-corrected chi connectivity index (χ4v) is 3.41. The van der Waals surface area contributed by atoms with Gasteiger partial charge in [0, 0.05) is 29.1 Å². The van der Waals surface area contributed by atoms with Crippen LogP contribution in [0.1, 0.15) is 24.0 Å². The van der Waals surface area contributed by atoms with E-state index in [1.807, 2.05) is 12.1 Å². The number of nitrogens with one attached hydrogen (secondary N) is 1. The van der Waals surface area contributed by atoms with Gasteiger partial charge in [-0.25, -0.2) is 5.43 Å². The minimum Gasteiger partial charge on any atom is -0.299 e. The molecule has 28 heavy (non-hydrogen) atoms. The molecule has 0 radical (unpaired) electrons. The molecule has 1 fully saturated rings. The summed E-state index contributed by atoms with van der Waals surface area (Å²) in [5.41, 5.74) is 4.56. The van der Waals surface area contributed by atoms with E-state index in [2.05, 4.69) is 43.5 Å². The van der Waals surface area contributed by atoms with E-state index in [-0.39, 0.29) is 17.5 Å². The van der Waals surface area contributed by atoms with E-state index in [4.69, 9.17) is 0 Å². The van der Waals surface area contributed by atoms with Crippen LogP contribution in [0.3, 0.4) is 0 Å². The number of hydrogen-bond donors (Lipinski definition) is 1. The first-order valence-electron chi connectivity index (χ1n) is 9.05. The summed E-state index contributed by atoms with van der Waals surface area (Å²) < 4.78 is 1.07. The first-order chi connectivity index (χ1) is 13.5. The number of piperidine rings is 1. The first kappa shape index (κ1) is 20.2. The Morgan fingerprint density at radius 1 is 1.18 bits per heavy atom. The van der Waals surface area contributed by atoms with Crippen LogP contribution in [0.25, 0.3) is 0 Å². The van der Waals surface area contributed by atoms with Crippen LogP contribution >= 0.6 is 15.9 Å². The van der Waals surface area contributed by atoms with E-state index in [1.54, 1.807) is 12.1 Å². The lowest BCUT2D eigenvalue weighted by molar-refractivity contribution is -0.384. The Bertz CT molecular complexity index is 845. The Balaban J connectivity index is 1.43. The van der Waals surface area contributed by atoms with E-state index >= 15 is 0 Å². The van der Waals surface area contributed by atoms with Gasteiger partial charge in [0.05, 0.1) is 11.1 Å². The second-order valence-corrected chi connectivity index (χ2v) is 7.68. The van der Waals surface area contributed by atoms with Gasteiger partial charge in [0.15, 0.2) is 0 Å². The lowest BCUT2D eigenvalue weighted by atomic mass is 9.96. The van der Waals surface area contributed by atoms with Crippen molar-refractivity contribution in [2.24, 2.45) is 11.0 Å². The van der Waals surface area contributed by atoms with Crippen molar-refractivity contribution in [3.05, 3.63) is 74.2 Å².